The molecule has 0 atom stereocenters. The first-order valence-electron chi connectivity index (χ1n) is 6.63. The summed E-state index contributed by atoms with van der Waals surface area (Å²) >= 11 is 0. The van der Waals surface area contributed by atoms with E-state index in [0.29, 0.717) is 18.5 Å². The van der Waals surface area contributed by atoms with E-state index in [1.807, 2.05) is 24.3 Å². The quantitative estimate of drug-likeness (QED) is 0.857. The van der Waals surface area contributed by atoms with Crippen molar-refractivity contribution in [3.05, 3.63) is 36.0 Å². The van der Waals surface area contributed by atoms with Gasteiger partial charge in [0, 0.05) is 35.6 Å². The van der Waals surface area contributed by atoms with Crippen molar-refractivity contribution in [3.8, 4) is 0 Å². The third-order valence-electron chi connectivity index (χ3n) is 3.65. The number of aromatic nitrogens is 1. The van der Waals surface area contributed by atoms with Crippen molar-refractivity contribution in [1.82, 2.24) is 9.88 Å². The Labute approximate surface area is 111 Å². The Balaban J connectivity index is 1.82. The summed E-state index contributed by atoms with van der Waals surface area (Å²) in [6.07, 6.45) is 4.24. The molecule has 1 aromatic heterocycles. The van der Waals surface area contributed by atoms with Crippen molar-refractivity contribution >= 4 is 22.6 Å². The molecule has 1 aliphatic heterocycles. The number of rotatable bonds is 3. The van der Waals surface area contributed by atoms with E-state index in [2.05, 4.69) is 4.98 Å². The highest BCUT2D eigenvalue weighted by Gasteiger charge is 2.22. The smallest absolute Gasteiger partial charge is 0.222 e. The number of H-pyrrole nitrogens is 1. The molecule has 0 saturated carbocycles. The third-order valence-corrected chi connectivity index (χ3v) is 3.65. The van der Waals surface area contributed by atoms with Gasteiger partial charge in [0.05, 0.1) is 6.54 Å². The lowest BCUT2D eigenvalue weighted by molar-refractivity contribution is -0.132. The summed E-state index contributed by atoms with van der Waals surface area (Å²) in [6, 6.07) is 7.72. The van der Waals surface area contributed by atoms with Crippen LogP contribution < -0.4 is 0 Å². The minimum absolute atomic E-state index is 0.00713. The van der Waals surface area contributed by atoms with Gasteiger partial charge in [0.15, 0.2) is 5.78 Å². The molecule has 0 radical (unpaired) electrons. The van der Waals surface area contributed by atoms with Crippen LogP contribution in [0.5, 0.6) is 0 Å². The average Bonchev–Trinajstić information content (AvgIpc) is 2.85. The highest BCUT2D eigenvalue weighted by molar-refractivity contribution is 6.09. The van der Waals surface area contributed by atoms with Crippen LogP contribution >= 0.6 is 0 Å². The van der Waals surface area contributed by atoms with E-state index in [1.165, 1.54) is 0 Å². The molecule has 0 aliphatic carbocycles. The van der Waals surface area contributed by atoms with Gasteiger partial charge in [0.1, 0.15) is 0 Å². The van der Waals surface area contributed by atoms with E-state index < -0.39 is 0 Å². The molecule has 0 spiro atoms. The normalized spacial score (nSPS) is 16.0. The van der Waals surface area contributed by atoms with E-state index in [-0.39, 0.29) is 18.2 Å². The second kappa shape index (κ2) is 4.88. The van der Waals surface area contributed by atoms with E-state index in [1.54, 1.807) is 11.1 Å². The molecule has 98 valence electrons. The predicted molar refractivity (Wildman–Crippen MR) is 73.1 cm³/mol. The molecule has 2 heterocycles. The molecule has 2 aromatic rings. The highest BCUT2D eigenvalue weighted by Crippen LogP contribution is 2.19. The van der Waals surface area contributed by atoms with Crippen LogP contribution in [0.15, 0.2) is 30.5 Å². The van der Waals surface area contributed by atoms with Gasteiger partial charge in [-0.3, -0.25) is 9.59 Å². The average molecular weight is 256 g/mol. The second-order valence-electron chi connectivity index (χ2n) is 4.94. The molecule has 1 N–H and O–H groups in total. The van der Waals surface area contributed by atoms with Gasteiger partial charge in [-0.1, -0.05) is 18.2 Å². The van der Waals surface area contributed by atoms with Crippen LogP contribution in [0.4, 0.5) is 0 Å². The van der Waals surface area contributed by atoms with E-state index in [4.69, 9.17) is 0 Å². The van der Waals surface area contributed by atoms with Crippen molar-refractivity contribution in [2.24, 2.45) is 0 Å². The van der Waals surface area contributed by atoms with Crippen LogP contribution in [-0.2, 0) is 4.79 Å². The van der Waals surface area contributed by atoms with Gasteiger partial charge in [0.2, 0.25) is 5.91 Å². The van der Waals surface area contributed by atoms with Crippen molar-refractivity contribution < 1.29 is 9.59 Å². The van der Waals surface area contributed by atoms with Crippen molar-refractivity contribution in [2.45, 2.75) is 19.3 Å². The van der Waals surface area contributed by atoms with Gasteiger partial charge in [-0.2, -0.15) is 0 Å². The van der Waals surface area contributed by atoms with Gasteiger partial charge in [-0.05, 0) is 18.9 Å². The topological polar surface area (TPSA) is 53.2 Å². The van der Waals surface area contributed by atoms with Crippen LogP contribution in [0.1, 0.15) is 29.6 Å². The summed E-state index contributed by atoms with van der Waals surface area (Å²) in [6.45, 7) is 0.896. The van der Waals surface area contributed by atoms with E-state index in [0.717, 1.165) is 23.7 Å². The largest absolute Gasteiger partial charge is 0.360 e. The number of fused-ring (bicyclic) bond motifs is 1. The molecule has 0 unspecified atom stereocenters. The molecule has 4 nitrogen and oxygen atoms in total. The maximum absolute atomic E-state index is 12.3. The van der Waals surface area contributed by atoms with E-state index in [9.17, 15) is 9.59 Å². The van der Waals surface area contributed by atoms with Crippen LogP contribution in [0.3, 0.4) is 0 Å². The molecular weight excluding hydrogens is 240 g/mol. The highest BCUT2D eigenvalue weighted by atomic mass is 16.2. The lowest BCUT2D eigenvalue weighted by atomic mass is 10.1. The second-order valence-corrected chi connectivity index (χ2v) is 4.94. The third kappa shape index (κ3) is 2.26. The Hall–Kier alpha value is -2.10. The SMILES string of the molecule is O=C(CN1CCCCC1=O)c1c[nH]c2ccccc12. The zero-order chi connectivity index (χ0) is 13.2. The molecule has 1 aromatic carbocycles. The zero-order valence-electron chi connectivity index (χ0n) is 10.7. The van der Waals surface area contributed by atoms with Crippen LogP contribution in [0.25, 0.3) is 10.9 Å². The number of carbonyl (C=O) groups is 2. The first kappa shape index (κ1) is 12.0. The minimum Gasteiger partial charge on any atom is -0.360 e. The lowest BCUT2D eigenvalue weighted by Crippen LogP contribution is -2.39. The standard InChI is InChI=1S/C15H16N2O2/c18-14(10-17-8-4-3-7-15(17)19)12-9-16-13-6-2-1-5-11(12)13/h1-2,5-6,9,16H,3-4,7-8,10H2. The number of carbonyl (C=O) groups excluding carboxylic acids is 2. The summed E-state index contributed by atoms with van der Waals surface area (Å²) in [7, 11) is 0. The maximum atomic E-state index is 12.3. The molecule has 3 rings (SSSR count). The summed E-state index contributed by atoms with van der Waals surface area (Å²) < 4.78 is 0. The number of ketones is 1. The number of hydrogen-bond acceptors (Lipinski definition) is 2. The Kier molecular flexibility index (Phi) is 3.07. The molecule has 0 bridgehead atoms. The number of nitrogens with zero attached hydrogens (tertiary/aromatic N) is 1. The van der Waals surface area contributed by atoms with Crippen LogP contribution in [0, 0.1) is 0 Å². The summed E-state index contributed by atoms with van der Waals surface area (Å²) in [4.78, 5) is 28.8. The lowest BCUT2D eigenvalue weighted by Gasteiger charge is -2.25. The van der Waals surface area contributed by atoms with Crippen molar-refractivity contribution in [2.75, 3.05) is 13.1 Å². The Bertz CT molecular complexity index is 630. The fourth-order valence-electron chi connectivity index (χ4n) is 2.59. The van der Waals surface area contributed by atoms with Gasteiger partial charge >= 0.3 is 0 Å². The summed E-state index contributed by atoms with van der Waals surface area (Å²) in [5.41, 5.74) is 1.63. The molecule has 1 amide bonds. The summed E-state index contributed by atoms with van der Waals surface area (Å²) in [5.74, 6) is 0.104. The van der Waals surface area contributed by atoms with Crippen LogP contribution in [-0.4, -0.2) is 34.7 Å². The number of amides is 1. The van der Waals surface area contributed by atoms with Gasteiger partial charge in [0.25, 0.3) is 0 Å². The van der Waals surface area contributed by atoms with Crippen LogP contribution in [0.2, 0.25) is 0 Å². The van der Waals surface area contributed by atoms with Gasteiger partial charge < -0.3 is 9.88 Å². The maximum Gasteiger partial charge on any atom is 0.222 e. The molecule has 1 fully saturated rings. The Morgan fingerprint density at radius 2 is 2.11 bits per heavy atom. The molecule has 1 saturated heterocycles. The van der Waals surface area contributed by atoms with Crippen molar-refractivity contribution in [3.63, 3.8) is 0 Å². The molecule has 1 aliphatic rings. The molecule has 4 heteroatoms. The van der Waals surface area contributed by atoms with Crippen molar-refractivity contribution in [1.29, 1.82) is 0 Å². The number of aromatic amines is 1. The number of hydrogen-bond donors (Lipinski definition) is 1. The van der Waals surface area contributed by atoms with Gasteiger partial charge in [-0.15, -0.1) is 0 Å². The minimum atomic E-state index is 0.00713. The van der Waals surface area contributed by atoms with E-state index >= 15 is 0 Å². The molecule has 19 heavy (non-hydrogen) atoms. The first-order valence-corrected chi connectivity index (χ1v) is 6.63. The zero-order valence-corrected chi connectivity index (χ0v) is 10.7. The number of piperidine rings is 1. The van der Waals surface area contributed by atoms with Gasteiger partial charge in [-0.25, -0.2) is 0 Å². The monoisotopic (exact) mass is 256 g/mol. The Morgan fingerprint density at radius 3 is 2.95 bits per heavy atom. The molecular formula is C15H16N2O2. The number of benzene rings is 1. The Morgan fingerprint density at radius 1 is 1.26 bits per heavy atom. The number of likely N-dealkylation sites (tertiary alicyclic amines) is 1. The first-order chi connectivity index (χ1) is 9.25. The fraction of sp³-hybridized carbons (Fsp3) is 0.333. The fourth-order valence-corrected chi connectivity index (χ4v) is 2.59. The predicted octanol–water partition coefficient (Wildman–Crippen LogP) is 2.36. The number of Topliss-reactive ketones (excluding diaryl/α,β-unsaturated/α-hetero) is 1. The summed E-state index contributed by atoms with van der Waals surface area (Å²) in [5, 5.41) is 0.928. The number of para-hydroxylation sites is 1. The number of nitrogens with one attached hydrogen (secondary N) is 1.